The second-order valence-corrected chi connectivity index (χ2v) is 11.3. The van der Waals surface area contributed by atoms with E-state index in [4.69, 9.17) is 34.2 Å². The average Bonchev–Trinajstić information content (AvgIpc) is 3.21. The molecule has 2 aliphatic carbocycles. The first-order valence-corrected chi connectivity index (χ1v) is 17.0. The van der Waals surface area contributed by atoms with Crippen LogP contribution in [0.25, 0.3) is 0 Å². The average molecular weight is 939 g/mol. The number of rotatable bonds is 19. The minimum absolute atomic E-state index is 0.0123. The fourth-order valence-corrected chi connectivity index (χ4v) is 4.26. The molecule has 3 N–H and O–H groups in total. The number of hydrogen-bond donors (Lipinski definition) is 2. The predicted octanol–water partition coefficient (Wildman–Crippen LogP) is 1.58. The van der Waals surface area contributed by atoms with Crippen molar-refractivity contribution >= 4 is 29.8 Å². The van der Waals surface area contributed by atoms with Crippen molar-refractivity contribution in [3.05, 3.63) is 67.6 Å². The molecule has 0 aromatic carbocycles. The quantitative estimate of drug-likeness (QED) is 0.0353. The number of esters is 4. The number of alkyl halides is 9. The standard InChI is InChI=1S/C15H19F3N2O8.C13H20N2O7.C4F6O3/c1-25-11-7-9(13(21)26-2)10(20(23)24)8-12(11)28-6-5-27-4-3-19-14(22)15(16,17)18;1-19-11-7-9(13(16)20-2)10(15(17)18)8-12(11)22-6-5-21-4-3-14;5-3(6,7)1(11)13-2(12)4(8,9)10/h7-10H,3-6H2,1-2H3,(H,19,22);7-10H,3-6,14H2,1-2H3;. The molecule has 2 aliphatic rings. The number of hydrogen-bond acceptors (Lipinski definition) is 19. The SMILES string of the molecule is COC(=O)C1C=C(OC)C(OCCOCCN)=CC1[N+](=O)[O-].COC(=O)C1C=C(OC)C(OCCOCCNC(=O)C(F)(F)F)=CC1[N+](=O)[O-].O=C(OC(=O)C(F)(F)F)C(F)(F)F. The van der Waals surface area contributed by atoms with E-state index in [1.165, 1.54) is 39.6 Å². The molecule has 0 spiro atoms. The number of methoxy groups -OCH3 is 4. The summed E-state index contributed by atoms with van der Waals surface area (Å²) in [4.78, 5) is 74.3. The summed E-state index contributed by atoms with van der Waals surface area (Å²) >= 11 is 0. The maximum Gasteiger partial charge on any atom is 0.491 e. The highest BCUT2D eigenvalue weighted by Gasteiger charge is 2.49. The van der Waals surface area contributed by atoms with E-state index >= 15 is 0 Å². The van der Waals surface area contributed by atoms with Gasteiger partial charge in [-0.05, 0) is 12.2 Å². The Kier molecular flexibility index (Phi) is 24.3. The van der Waals surface area contributed by atoms with Gasteiger partial charge in [-0.2, -0.15) is 39.5 Å². The molecule has 0 fully saturated rings. The highest BCUT2D eigenvalue weighted by Crippen LogP contribution is 2.29. The van der Waals surface area contributed by atoms with Crippen LogP contribution in [0.15, 0.2) is 47.3 Å². The van der Waals surface area contributed by atoms with Gasteiger partial charge < -0.3 is 53.7 Å². The van der Waals surface area contributed by atoms with Crippen LogP contribution in [0, 0.1) is 32.1 Å². The molecule has 31 heteroatoms. The molecule has 0 heterocycles. The van der Waals surface area contributed by atoms with Crippen molar-refractivity contribution in [1.82, 2.24) is 5.32 Å². The van der Waals surface area contributed by atoms with Crippen LogP contribution >= 0.6 is 0 Å². The smallest absolute Gasteiger partial charge is 0.491 e. The summed E-state index contributed by atoms with van der Waals surface area (Å²) < 4.78 is 146. The largest absolute Gasteiger partial charge is 0.493 e. The van der Waals surface area contributed by atoms with Crippen molar-refractivity contribution in [3.63, 3.8) is 0 Å². The second kappa shape index (κ2) is 27.0. The van der Waals surface area contributed by atoms with Crippen LogP contribution in [0.5, 0.6) is 0 Å². The number of carbonyl (C=O) groups excluding carboxylic acids is 5. The van der Waals surface area contributed by atoms with Gasteiger partial charge in [0.25, 0.3) is 12.1 Å². The first-order chi connectivity index (χ1) is 29.2. The van der Waals surface area contributed by atoms with Gasteiger partial charge in [-0.25, -0.2) is 9.59 Å². The molecule has 22 nitrogen and oxygen atoms in total. The van der Waals surface area contributed by atoms with Gasteiger partial charge in [0, 0.05) is 35.1 Å². The number of nitrogens with two attached hydrogens (primary N) is 1. The lowest BCUT2D eigenvalue weighted by atomic mass is 9.94. The summed E-state index contributed by atoms with van der Waals surface area (Å²) in [6, 6.07) is -2.69. The summed E-state index contributed by atoms with van der Waals surface area (Å²) in [5.41, 5.74) is 5.28. The molecule has 2 rings (SSSR count). The van der Waals surface area contributed by atoms with Crippen LogP contribution < -0.4 is 11.1 Å². The second-order valence-electron chi connectivity index (χ2n) is 11.3. The molecule has 4 atom stereocenters. The highest BCUT2D eigenvalue weighted by atomic mass is 19.4. The number of ether oxygens (including phenoxy) is 9. The molecular formula is C32H39F9N4O18. The zero-order chi connectivity index (χ0) is 48.7. The van der Waals surface area contributed by atoms with E-state index in [9.17, 15) is 83.7 Å². The normalized spacial score (nSPS) is 18.3. The Labute approximate surface area is 348 Å². The van der Waals surface area contributed by atoms with E-state index in [-0.39, 0.29) is 62.6 Å². The molecule has 63 heavy (non-hydrogen) atoms. The predicted molar refractivity (Wildman–Crippen MR) is 184 cm³/mol. The lowest BCUT2D eigenvalue weighted by molar-refractivity contribution is -0.514. The van der Waals surface area contributed by atoms with Crippen LogP contribution in [0.4, 0.5) is 39.5 Å². The lowest BCUT2D eigenvalue weighted by Crippen LogP contribution is -2.38. The van der Waals surface area contributed by atoms with Crippen molar-refractivity contribution in [2.24, 2.45) is 17.6 Å². The number of amides is 1. The van der Waals surface area contributed by atoms with Crippen molar-refractivity contribution < 1.29 is 116 Å². The maximum absolute atomic E-state index is 12.0. The van der Waals surface area contributed by atoms with Gasteiger partial charge in [0.05, 0.1) is 54.9 Å². The lowest BCUT2D eigenvalue weighted by Gasteiger charge is -2.22. The van der Waals surface area contributed by atoms with Crippen LogP contribution in [0.2, 0.25) is 0 Å². The number of nitrogens with one attached hydrogen (secondary N) is 1. The summed E-state index contributed by atoms with van der Waals surface area (Å²) in [5.74, 6) is -11.7. The van der Waals surface area contributed by atoms with E-state index in [2.05, 4.69) is 14.2 Å². The third-order valence-electron chi connectivity index (χ3n) is 7.07. The van der Waals surface area contributed by atoms with Crippen molar-refractivity contribution in [2.45, 2.75) is 30.6 Å². The molecule has 4 unspecified atom stereocenters. The molecule has 0 bridgehead atoms. The zero-order valence-electron chi connectivity index (χ0n) is 33.0. The number of halogens is 9. The first-order valence-electron chi connectivity index (χ1n) is 17.0. The molecule has 0 saturated carbocycles. The van der Waals surface area contributed by atoms with Gasteiger partial charge in [-0.3, -0.25) is 34.6 Å². The third kappa shape index (κ3) is 20.5. The minimum atomic E-state index is -5.62. The van der Waals surface area contributed by atoms with Crippen molar-refractivity contribution in [3.8, 4) is 0 Å². The minimum Gasteiger partial charge on any atom is -0.493 e. The van der Waals surface area contributed by atoms with Gasteiger partial charge in [-0.15, -0.1) is 0 Å². The Morgan fingerprint density at radius 3 is 1.29 bits per heavy atom. The van der Waals surface area contributed by atoms with Crippen molar-refractivity contribution in [1.29, 1.82) is 0 Å². The van der Waals surface area contributed by atoms with Gasteiger partial charge in [-0.1, -0.05) is 0 Å². The Bertz CT molecular complexity index is 1690. The fraction of sp³-hybridized carbons (Fsp3) is 0.594. The van der Waals surface area contributed by atoms with E-state index in [1.54, 1.807) is 5.32 Å². The molecule has 358 valence electrons. The summed E-state index contributed by atoms with van der Waals surface area (Å²) in [5, 5.41) is 23.9. The molecule has 0 aromatic heterocycles. The molecule has 0 aromatic rings. The Morgan fingerprint density at radius 1 is 0.603 bits per heavy atom. The van der Waals surface area contributed by atoms with Crippen molar-refractivity contribution in [2.75, 3.05) is 81.2 Å². The van der Waals surface area contributed by atoms with E-state index in [0.717, 1.165) is 13.2 Å². The topological polar surface area (TPSA) is 293 Å². The Morgan fingerprint density at radius 2 is 0.984 bits per heavy atom. The molecule has 0 aliphatic heterocycles. The highest BCUT2D eigenvalue weighted by molar-refractivity contribution is 5.90. The Balaban J connectivity index is 0.000000977. The fourth-order valence-electron chi connectivity index (χ4n) is 4.26. The Hall–Kier alpha value is -6.24. The number of nitrogens with zero attached hydrogens (tertiary/aromatic N) is 2. The zero-order valence-corrected chi connectivity index (χ0v) is 33.0. The summed E-state index contributed by atoms with van der Waals surface area (Å²) in [6.45, 7) is 0.545. The summed E-state index contributed by atoms with van der Waals surface area (Å²) in [6.07, 6.45) is -11.3. The van der Waals surface area contributed by atoms with Gasteiger partial charge >= 0.3 is 48.3 Å². The number of carbonyl (C=O) groups is 5. The van der Waals surface area contributed by atoms with Gasteiger partial charge in [0.15, 0.2) is 34.9 Å². The van der Waals surface area contributed by atoms with E-state index < -0.39 is 82.1 Å². The van der Waals surface area contributed by atoms with Crippen LogP contribution in [-0.2, 0) is 66.6 Å². The van der Waals surface area contributed by atoms with Crippen LogP contribution in [0.1, 0.15) is 0 Å². The van der Waals surface area contributed by atoms with Gasteiger partial charge in [0.1, 0.15) is 13.2 Å². The first kappa shape index (κ1) is 56.8. The maximum atomic E-state index is 12.0. The summed E-state index contributed by atoms with van der Waals surface area (Å²) in [7, 11) is 4.94. The van der Waals surface area contributed by atoms with Gasteiger partial charge in [0.2, 0.25) is 0 Å². The van der Waals surface area contributed by atoms with Crippen LogP contribution in [0.3, 0.4) is 0 Å². The van der Waals surface area contributed by atoms with E-state index in [1.807, 2.05) is 0 Å². The molecule has 0 radical (unpaired) electrons. The molecule has 1 amide bonds. The van der Waals surface area contributed by atoms with Crippen LogP contribution in [-0.4, -0.2) is 151 Å². The third-order valence-corrected chi connectivity index (χ3v) is 7.07. The van der Waals surface area contributed by atoms with E-state index in [0.29, 0.717) is 13.2 Å². The monoisotopic (exact) mass is 938 g/mol. The molecule has 0 saturated heterocycles. The number of nitro groups is 2. The molecular weight excluding hydrogens is 899 g/mol.